The molecule has 0 fully saturated rings. The number of nitrogens with zero attached hydrogens (tertiary/aromatic N) is 1. The van der Waals surface area contributed by atoms with Crippen LogP contribution in [0.15, 0.2) is 24.8 Å². The molecule has 0 spiro atoms. The number of carbonyl (C=O) groups is 1. The van der Waals surface area contributed by atoms with E-state index < -0.39 is 18.1 Å². The minimum Gasteiger partial charge on any atom is -0.493 e. The summed E-state index contributed by atoms with van der Waals surface area (Å²) in [7, 11) is 2.92. The van der Waals surface area contributed by atoms with Gasteiger partial charge in [-0.3, -0.25) is 4.79 Å². The maximum atomic E-state index is 12.7. The molecule has 1 aliphatic heterocycles. The van der Waals surface area contributed by atoms with E-state index in [4.69, 9.17) is 9.47 Å². The molecule has 0 bridgehead atoms. The second-order valence-corrected chi connectivity index (χ2v) is 4.83. The molecule has 2 rings (SSSR count). The minimum atomic E-state index is -4.91. The van der Waals surface area contributed by atoms with E-state index in [1.165, 1.54) is 20.3 Å². The molecule has 1 aliphatic rings. The first kappa shape index (κ1) is 16.2. The lowest BCUT2D eigenvalue weighted by Crippen LogP contribution is -2.46. The fourth-order valence-electron chi connectivity index (χ4n) is 2.62. The molecule has 1 atom stereocenters. The molecule has 0 saturated carbocycles. The molecule has 0 aromatic heterocycles. The molecule has 1 aromatic rings. The second-order valence-electron chi connectivity index (χ2n) is 4.83. The zero-order valence-corrected chi connectivity index (χ0v) is 12.2. The van der Waals surface area contributed by atoms with Gasteiger partial charge in [0.2, 0.25) is 0 Å². The van der Waals surface area contributed by atoms with Crippen molar-refractivity contribution in [3.8, 4) is 11.5 Å². The lowest BCUT2D eigenvalue weighted by atomic mass is 9.91. The van der Waals surface area contributed by atoms with Gasteiger partial charge in [-0.15, -0.1) is 6.58 Å². The highest BCUT2D eigenvalue weighted by atomic mass is 19.4. The molecule has 7 heteroatoms. The fraction of sp³-hybridized carbons (Fsp3) is 0.400. The lowest BCUT2D eigenvalue weighted by molar-refractivity contribution is -0.187. The Balaban J connectivity index is 2.47. The zero-order chi connectivity index (χ0) is 16.5. The third kappa shape index (κ3) is 2.75. The van der Waals surface area contributed by atoms with E-state index in [1.807, 2.05) is 0 Å². The number of rotatable bonds is 3. The van der Waals surface area contributed by atoms with E-state index in [2.05, 4.69) is 6.58 Å². The van der Waals surface area contributed by atoms with Crippen LogP contribution in [0.5, 0.6) is 11.5 Å². The van der Waals surface area contributed by atoms with Crippen molar-refractivity contribution in [1.29, 1.82) is 0 Å². The highest BCUT2D eigenvalue weighted by Crippen LogP contribution is 2.39. The van der Waals surface area contributed by atoms with Crippen molar-refractivity contribution >= 4 is 5.91 Å². The van der Waals surface area contributed by atoms with Crippen LogP contribution in [-0.2, 0) is 11.2 Å². The van der Waals surface area contributed by atoms with Gasteiger partial charge in [-0.25, -0.2) is 0 Å². The molecule has 0 radical (unpaired) electrons. The summed E-state index contributed by atoms with van der Waals surface area (Å²) in [6.07, 6.45) is -3.27. The Bertz CT molecular complexity index is 598. The Morgan fingerprint density at radius 1 is 1.32 bits per heavy atom. The van der Waals surface area contributed by atoms with Crippen molar-refractivity contribution in [1.82, 2.24) is 4.90 Å². The Hall–Kier alpha value is -2.18. The van der Waals surface area contributed by atoms with Crippen LogP contribution in [0.4, 0.5) is 13.2 Å². The summed E-state index contributed by atoms with van der Waals surface area (Å²) >= 11 is 0. The van der Waals surface area contributed by atoms with Gasteiger partial charge in [0, 0.05) is 6.54 Å². The number of methoxy groups -OCH3 is 2. The summed E-state index contributed by atoms with van der Waals surface area (Å²) in [6.45, 7) is 3.53. The maximum Gasteiger partial charge on any atom is 0.471 e. The number of halogens is 3. The first-order valence-corrected chi connectivity index (χ1v) is 6.58. The van der Waals surface area contributed by atoms with Gasteiger partial charge < -0.3 is 14.4 Å². The topological polar surface area (TPSA) is 38.8 Å². The van der Waals surface area contributed by atoms with E-state index in [0.717, 1.165) is 10.5 Å². The predicted molar refractivity (Wildman–Crippen MR) is 74.0 cm³/mol. The van der Waals surface area contributed by atoms with E-state index in [-0.39, 0.29) is 6.54 Å². The average Bonchev–Trinajstić information content (AvgIpc) is 2.50. The molecule has 0 aliphatic carbocycles. The maximum absolute atomic E-state index is 12.7. The molecule has 0 N–H and O–H groups in total. The van der Waals surface area contributed by atoms with E-state index in [9.17, 15) is 18.0 Å². The predicted octanol–water partition coefficient (Wildman–Crippen LogP) is 2.88. The molecule has 4 nitrogen and oxygen atoms in total. The Morgan fingerprint density at radius 2 is 1.91 bits per heavy atom. The summed E-state index contributed by atoms with van der Waals surface area (Å²) in [4.78, 5) is 12.4. The number of alkyl halides is 3. The lowest BCUT2D eigenvalue weighted by Gasteiger charge is -2.36. The number of fused-ring (bicyclic) bond motifs is 1. The van der Waals surface area contributed by atoms with Crippen LogP contribution in [0.3, 0.4) is 0 Å². The Morgan fingerprint density at radius 3 is 2.41 bits per heavy atom. The number of benzene rings is 1. The summed E-state index contributed by atoms with van der Waals surface area (Å²) in [5.41, 5.74) is 1.38. The molecule has 120 valence electrons. The van der Waals surface area contributed by atoms with Gasteiger partial charge in [-0.05, 0) is 29.7 Å². The Labute approximate surface area is 126 Å². The van der Waals surface area contributed by atoms with E-state index in [0.29, 0.717) is 23.5 Å². The summed E-state index contributed by atoms with van der Waals surface area (Å²) in [6, 6.07) is 2.47. The van der Waals surface area contributed by atoms with E-state index in [1.54, 1.807) is 12.1 Å². The van der Waals surface area contributed by atoms with Crippen molar-refractivity contribution in [2.75, 3.05) is 20.8 Å². The smallest absolute Gasteiger partial charge is 0.471 e. The summed E-state index contributed by atoms with van der Waals surface area (Å²) in [5, 5.41) is 0. The zero-order valence-electron chi connectivity index (χ0n) is 12.2. The molecule has 1 amide bonds. The monoisotopic (exact) mass is 315 g/mol. The molecular weight excluding hydrogens is 299 g/mol. The van der Waals surface area contributed by atoms with Crippen molar-refractivity contribution in [3.05, 3.63) is 35.9 Å². The van der Waals surface area contributed by atoms with Gasteiger partial charge >= 0.3 is 12.1 Å². The molecular formula is C15H16F3NO3. The molecule has 0 saturated heterocycles. The number of hydrogen-bond donors (Lipinski definition) is 0. The van der Waals surface area contributed by atoms with Gasteiger partial charge in [0.05, 0.1) is 20.3 Å². The third-order valence-corrected chi connectivity index (χ3v) is 3.65. The highest BCUT2D eigenvalue weighted by molar-refractivity contribution is 5.83. The van der Waals surface area contributed by atoms with Crippen LogP contribution in [0.25, 0.3) is 0 Å². The van der Waals surface area contributed by atoms with Crippen molar-refractivity contribution < 1.29 is 27.4 Å². The number of ether oxygens (including phenoxy) is 2. The SMILES string of the molecule is C=CC1c2cc(OC)c(OC)cc2CCN1C(=O)C(F)(F)F. The van der Waals surface area contributed by atoms with Gasteiger partial charge in [0.25, 0.3) is 0 Å². The van der Waals surface area contributed by atoms with Gasteiger partial charge in [-0.2, -0.15) is 13.2 Å². The average molecular weight is 315 g/mol. The first-order valence-electron chi connectivity index (χ1n) is 6.58. The molecule has 1 aromatic carbocycles. The van der Waals surface area contributed by atoms with E-state index >= 15 is 0 Å². The highest BCUT2D eigenvalue weighted by Gasteiger charge is 2.45. The van der Waals surface area contributed by atoms with Crippen molar-refractivity contribution in [2.24, 2.45) is 0 Å². The van der Waals surface area contributed by atoms with Crippen LogP contribution in [0, 0.1) is 0 Å². The largest absolute Gasteiger partial charge is 0.493 e. The standard InChI is InChI=1S/C15H16F3NO3/c1-4-11-10-8-13(22-3)12(21-2)7-9(10)5-6-19(11)14(20)15(16,17)18/h4,7-8,11H,1,5-6H2,2-3H3. The van der Waals surface area contributed by atoms with Crippen LogP contribution in [0.2, 0.25) is 0 Å². The van der Waals surface area contributed by atoms with Crippen molar-refractivity contribution in [3.63, 3.8) is 0 Å². The normalized spacial score (nSPS) is 17.7. The van der Waals surface area contributed by atoms with Crippen LogP contribution in [-0.4, -0.2) is 37.7 Å². The number of hydrogen-bond acceptors (Lipinski definition) is 3. The Kier molecular flexibility index (Phi) is 4.35. The summed E-state index contributed by atoms with van der Waals surface area (Å²) in [5.74, 6) is -0.966. The van der Waals surface area contributed by atoms with Crippen LogP contribution in [0.1, 0.15) is 17.2 Å². The quantitative estimate of drug-likeness (QED) is 0.805. The fourth-order valence-corrected chi connectivity index (χ4v) is 2.62. The molecule has 1 unspecified atom stereocenters. The number of amides is 1. The van der Waals surface area contributed by atoms with Gasteiger partial charge in [0.1, 0.15) is 0 Å². The third-order valence-electron chi connectivity index (χ3n) is 3.65. The summed E-state index contributed by atoms with van der Waals surface area (Å²) < 4.78 is 48.5. The van der Waals surface area contributed by atoms with Gasteiger partial charge in [-0.1, -0.05) is 6.08 Å². The minimum absolute atomic E-state index is 0.0302. The number of carbonyl (C=O) groups excluding carboxylic acids is 1. The second kappa shape index (κ2) is 5.90. The van der Waals surface area contributed by atoms with Crippen molar-refractivity contribution in [2.45, 2.75) is 18.6 Å². The van der Waals surface area contributed by atoms with Crippen LogP contribution >= 0.6 is 0 Å². The molecule has 1 heterocycles. The van der Waals surface area contributed by atoms with Gasteiger partial charge in [0.15, 0.2) is 11.5 Å². The molecule has 22 heavy (non-hydrogen) atoms. The van der Waals surface area contributed by atoms with Crippen LogP contribution < -0.4 is 9.47 Å². The first-order chi connectivity index (χ1) is 10.3.